The van der Waals surface area contributed by atoms with Crippen LogP contribution in [0.15, 0.2) is 0 Å². The van der Waals surface area contributed by atoms with Gasteiger partial charge in [0.25, 0.3) is 0 Å². The molecule has 0 aliphatic carbocycles. The molecule has 3 atom stereocenters. The van der Waals surface area contributed by atoms with Crippen LogP contribution in [0.4, 0.5) is 0 Å². The quantitative estimate of drug-likeness (QED) is 0.566. The lowest BCUT2D eigenvalue weighted by Gasteiger charge is -2.31. The fraction of sp³-hybridized carbons (Fsp3) is 0.750. The molecule has 0 saturated carbocycles. The number of carboxylic acids is 1. The predicted molar refractivity (Wildman–Crippen MR) is 61.9 cm³/mol. The summed E-state index contributed by atoms with van der Waals surface area (Å²) >= 11 is 0. The third kappa shape index (κ3) is 1.80. The van der Waals surface area contributed by atoms with Gasteiger partial charge in [0, 0.05) is 6.42 Å². The van der Waals surface area contributed by atoms with E-state index >= 15 is 0 Å². The molecule has 19 heavy (non-hydrogen) atoms. The minimum absolute atomic E-state index is 0.0158. The topological polar surface area (TPSA) is 93.1 Å². The molecule has 106 valence electrons. The molecule has 0 aromatic carbocycles. The molecule has 7 nitrogen and oxygen atoms in total. The van der Waals surface area contributed by atoms with E-state index in [0.717, 1.165) is 0 Å². The molecule has 1 amide bonds. The van der Waals surface area contributed by atoms with Crippen LogP contribution in [0, 0.1) is 11.8 Å². The van der Waals surface area contributed by atoms with Gasteiger partial charge >= 0.3 is 11.9 Å². The maximum atomic E-state index is 12.2. The van der Waals surface area contributed by atoms with Gasteiger partial charge in [0.2, 0.25) is 5.91 Å². The van der Waals surface area contributed by atoms with Crippen molar-refractivity contribution >= 4 is 17.8 Å². The molecule has 0 aromatic heterocycles. The number of carbonyl (C=O) groups is 3. The molecule has 2 saturated heterocycles. The van der Waals surface area contributed by atoms with E-state index in [1.165, 1.54) is 12.0 Å². The molecule has 7 heteroatoms. The minimum Gasteiger partial charge on any atom is -0.481 e. The van der Waals surface area contributed by atoms with Crippen molar-refractivity contribution in [1.82, 2.24) is 4.90 Å². The summed E-state index contributed by atoms with van der Waals surface area (Å²) in [5.41, 5.74) is -1.29. The zero-order valence-corrected chi connectivity index (χ0v) is 11.1. The molecule has 2 aliphatic rings. The molecule has 0 radical (unpaired) electrons. The van der Waals surface area contributed by atoms with Gasteiger partial charge in [-0.1, -0.05) is 13.8 Å². The van der Waals surface area contributed by atoms with Crippen molar-refractivity contribution in [3.05, 3.63) is 0 Å². The van der Waals surface area contributed by atoms with Crippen LogP contribution in [0.3, 0.4) is 0 Å². The highest BCUT2D eigenvalue weighted by Crippen LogP contribution is 2.43. The summed E-state index contributed by atoms with van der Waals surface area (Å²) in [6.07, 6.45) is -0.687. The van der Waals surface area contributed by atoms with Crippen LogP contribution in [0.2, 0.25) is 0 Å². The number of fused-ring (bicyclic) bond motifs is 1. The summed E-state index contributed by atoms with van der Waals surface area (Å²) in [7, 11) is 1.22. The largest absolute Gasteiger partial charge is 0.481 e. The van der Waals surface area contributed by atoms with Crippen LogP contribution in [0.25, 0.3) is 0 Å². The summed E-state index contributed by atoms with van der Waals surface area (Å²) in [6.45, 7) is 3.68. The first-order valence-corrected chi connectivity index (χ1v) is 6.11. The number of amides is 1. The molecule has 0 spiro atoms. The second kappa shape index (κ2) is 4.48. The fourth-order valence-electron chi connectivity index (χ4n) is 2.81. The summed E-state index contributed by atoms with van der Waals surface area (Å²) in [4.78, 5) is 36.6. The number of aliphatic carboxylic acids is 1. The van der Waals surface area contributed by atoms with Gasteiger partial charge in [0.15, 0.2) is 5.54 Å². The summed E-state index contributed by atoms with van der Waals surface area (Å²) in [5.74, 6) is -3.65. The Balaban J connectivity index is 2.43. The normalized spacial score (nSPS) is 33.7. The Bertz CT molecular complexity index is 434. The van der Waals surface area contributed by atoms with Gasteiger partial charge in [-0.25, -0.2) is 4.79 Å². The second-order valence-corrected chi connectivity index (χ2v) is 5.27. The molecule has 0 aromatic rings. The zero-order chi connectivity index (χ0) is 14.4. The fourth-order valence-corrected chi connectivity index (χ4v) is 2.81. The van der Waals surface area contributed by atoms with E-state index in [4.69, 9.17) is 14.6 Å². The van der Waals surface area contributed by atoms with E-state index in [9.17, 15) is 14.4 Å². The van der Waals surface area contributed by atoms with Gasteiger partial charge in [-0.15, -0.1) is 0 Å². The van der Waals surface area contributed by atoms with Gasteiger partial charge in [0.1, 0.15) is 12.1 Å². The standard InChI is InChI=1S/C12H17NO6/c1-6(2)9-13-8(14)7(10(15)16)4-12(13,5-19-9)11(17)18-3/h6-7,9H,4-5H2,1-3H3,(H,15,16)/t7?,9-,12+/m0/s1. The molecule has 1 unspecified atom stereocenters. The van der Waals surface area contributed by atoms with Crippen LogP contribution >= 0.6 is 0 Å². The Morgan fingerprint density at radius 2 is 2.16 bits per heavy atom. The lowest BCUT2D eigenvalue weighted by atomic mass is 9.93. The second-order valence-electron chi connectivity index (χ2n) is 5.27. The summed E-state index contributed by atoms with van der Waals surface area (Å²) in [5, 5.41) is 9.09. The highest BCUT2D eigenvalue weighted by atomic mass is 16.6. The molecule has 2 rings (SSSR count). The van der Waals surface area contributed by atoms with Crippen LogP contribution in [-0.2, 0) is 23.9 Å². The number of hydrogen-bond acceptors (Lipinski definition) is 5. The summed E-state index contributed by atoms with van der Waals surface area (Å²) in [6, 6.07) is 0. The van der Waals surface area contributed by atoms with Crippen LogP contribution in [-0.4, -0.2) is 53.3 Å². The molecule has 0 bridgehead atoms. The number of rotatable bonds is 3. The summed E-state index contributed by atoms with van der Waals surface area (Å²) < 4.78 is 10.3. The maximum Gasteiger partial charge on any atom is 0.334 e. The van der Waals surface area contributed by atoms with E-state index in [1.807, 2.05) is 13.8 Å². The third-order valence-electron chi connectivity index (χ3n) is 3.72. The van der Waals surface area contributed by atoms with Gasteiger partial charge in [0.05, 0.1) is 13.7 Å². The average Bonchev–Trinajstić information content (AvgIpc) is 2.85. The third-order valence-corrected chi connectivity index (χ3v) is 3.72. The van der Waals surface area contributed by atoms with Crippen molar-refractivity contribution in [3.8, 4) is 0 Å². The molecule has 2 aliphatic heterocycles. The highest BCUT2D eigenvalue weighted by Gasteiger charge is 2.65. The smallest absolute Gasteiger partial charge is 0.334 e. The molecule has 2 fully saturated rings. The number of methoxy groups -OCH3 is 1. The van der Waals surface area contributed by atoms with Crippen molar-refractivity contribution in [3.63, 3.8) is 0 Å². The van der Waals surface area contributed by atoms with E-state index in [-0.39, 0.29) is 18.9 Å². The monoisotopic (exact) mass is 271 g/mol. The molecule has 2 heterocycles. The first kappa shape index (κ1) is 13.8. The zero-order valence-electron chi connectivity index (χ0n) is 11.1. The van der Waals surface area contributed by atoms with Gasteiger partial charge in [-0.2, -0.15) is 0 Å². The Morgan fingerprint density at radius 3 is 2.63 bits per heavy atom. The number of ether oxygens (including phenoxy) is 2. The Morgan fingerprint density at radius 1 is 1.53 bits per heavy atom. The molecular formula is C12H17NO6. The highest BCUT2D eigenvalue weighted by molar-refractivity contribution is 6.04. The van der Waals surface area contributed by atoms with Gasteiger partial charge in [-0.3, -0.25) is 14.5 Å². The van der Waals surface area contributed by atoms with Crippen LogP contribution < -0.4 is 0 Å². The molecule has 1 N–H and O–H groups in total. The lowest BCUT2D eigenvalue weighted by Crippen LogP contribution is -2.53. The van der Waals surface area contributed by atoms with E-state index in [2.05, 4.69) is 0 Å². The van der Waals surface area contributed by atoms with E-state index in [1.54, 1.807) is 0 Å². The Labute approximate surface area is 110 Å². The van der Waals surface area contributed by atoms with Crippen molar-refractivity contribution < 1.29 is 29.0 Å². The number of hydrogen-bond donors (Lipinski definition) is 1. The Hall–Kier alpha value is -1.63. The van der Waals surface area contributed by atoms with Crippen molar-refractivity contribution in [2.24, 2.45) is 11.8 Å². The minimum atomic E-state index is -1.29. The lowest BCUT2D eigenvalue weighted by molar-refractivity contribution is -0.157. The number of esters is 1. The number of nitrogens with zero attached hydrogens (tertiary/aromatic N) is 1. The van der Waals surface area contributed by atoms with E-state index < -0.39 is 35.5 Å². The first-order valence-electron chi connectivity index (χ1n) is 6.11. The van der Waals surface area contributed by atoms with Crippen molar-refractivity contribution in [1.29, 1.82) is 0 Å². The van der Waals surface area contributed by atoms with Crippen molar-refractivity contribution in [2.75, 3.05) is 13.7 Å². The van der Waals surface area contributed by atoms with Gasteiger partial charge < -0.3 is 14.6 Å². The van der Waals surface area contributed by atoms with E-state index in [0.29, 0.717) is 0 Å². The number of carbonyl (C=O) groups excluding carboxylic acids is 2. The van der Waals surface area contributed by atoms with Crippen LogP contribution in [0.5, 0.6) is 0 Å². The van der Waals surface area contributed by atoms with Crippen LogP contribution in [0.1, 0.15) is 20.3 Å². The maximum absolute atomic E-state index is 12.2. The molecular weight excluding hydrogens is 254 g/mol. The first-order chi connectivity index (χ1) is 8.85. The SMILES string of the molecule is COC(=O)[C@@]12CO[C@@H](C(C)C)N1C(=O)C(C(=O)O)C2. The average molecular weight is 271 g/mol. The van der Waals surface area contributed by atoms with Crippen molar-refractivity contribution in [2.45, 2.75) is 32.0 Å². The predicted octanol–water partition coefficient (Wildman–Crippen LogP) is -0.156. The van der Waals surface area contributed by atoms with Gasteiger partial charge in [-0.05, 0) is 5.92 Å². The Kier molecular flexibility index (Phi) is 3.25. The number of carboxylic acid groups (broad SMARTS) is 1.